The molecule has 2 heterocycles. The summed E-state index contributed by atoms with van der Waals surface area (Å²) < 4.78 is 15.6. The zero-order chi connectivity index (χ0) is 11.5. The summed E-state index contributed by atoms with van der Waals surface area (Å²) in [7, 11) is 0. The van der Waals surface area contributed by atoms with E-state index in [1.165, 1.54) is 6.07 Å². The largest absolute Gasteiger partial charge is 0.311 e. The third-order valence-corrected chi connectivity index (χ3v) is 2.62. The number of pyridine rings is 1. The molecule has 0 amide bonds. The molecule has 3 nitrogen and oxygen atoms in total. The molecule has 0 fully saturated rings. The van der Waals surface area contributed by atoms with Gasteiger partial charge >= 0.3 is 0 Å². The smallest absolute Gasteiger partial charge is 0.149 e. The molecular weight excluding hydrogens is 205 g/mol. The van der Waals surface area contributed by atoms with Crippen LogP contribution in [0.3, 0.4) is 0 Å². The average molecular weight is 221 g/mol. The molecule has 0 aliphatic carbocycles. The van der Waals surface area contributed by atoms with Crippen LogP contribution < -0.4 is 5.32 Å². The Morgan fingerprint density at radius 1 is 1.44 bits per heavy atom. The van der Waals surface area contributed by atoms with Crippen molar-refractivity contribution < 1.29 is 4.39 Å². The Hall–Kier alpha value is -1.42. The van der Waals surface area contributed by atoms with Gasteiger partial charge in [0.15, 0.2) is 0 Å². The van der Waals surface area contributed by atoms with Crippen LogP contribution in [0.2, 0.25) is 0 Å². The lowest BCUT2D eigenvalue weighted by molar-refractivity contribution is 0.629. The Kier molecular flexibility index (Phi) is 3.19. The highest BCUT2D eigenvalue weighted by Gasteiger charge is 2.12. The van der Waals surface area contributed by atoms with Crippen LogP contribution in [0.15, 0.2) is 18.3 Å². The second-order valence-electron chi connectivity index (χ2n) is 3.68. The van der Waals surface area contributed by atoms with Gasteiger partial charge in [-0.05, 0) is 18.7 Å². The maximum Gasteiger partial charge on any atom is 0.149 e. The average Bonchev–Trinajstić information content (AvgIpc) is 2.66. The summed E-state index contributed by atoms with van der Waals surface area (Å²) in [6.45, 7) is 5.52. The third-order valence-electron chi connectivity index (χ3n) is 2.62. The van der Waals surface area contributed by atoms with E-state index in [1.54, 1.807) is 6.07 Å². The molecule has 86 valence electrons. The van der Waals surface area contributed by atoms with Gasteiger partial charge in [-0.3, -0.25) is 0 Å². The second-order valence-corrected chi connectivity index (χ2v) is 3.68. The minimum atomic E-state index is -0.206. The zero-order valence-corrected chi connectivity index (χ0v) is 9.63. The normalized spacial score (nSPS) is 11.2. The molecule has 0 unspecified atom stereocenters. The zero-order valence-electron chi connectivity index (χ0n) is 9.63. The molecule has 4 heteroatoms. The fourth-order valence-corrected chi connectivity index (χ4v) is 1.85. The lowest BCUT2D eigenvalue weighted by Crippen LogP contribution is -2.12. The van der Waals surface area contributed by atoms with E-state index < -0.39 is 0 Å². The van der Waals surface area contributed by atoms with E-state index in [0.29, 0.717) is 12.1 Å². The van der Waals surface area contributed by atoms with Crippen molar-refractivity contribution in [3.8, 4) is 0 Å². The summed E-state index contributed by atoms with van der Waals surface area (Å²) in [6, 6.07) is 3.19. The SMILES string of the molecule is CCNCc1nc(CC)n2cccc(F)c12. The van der Waals surface area contributed by atoms with Gasteiger partial charge < -0.3 is 9.72 Å². The van der Waals surface area contributed by atoms with Gasteiger partial charge in [-0.2, -0.15) is 0 Å². The standard InChI is InChI=1S/C12H16FN3/c1-3-11-15-10(8-14-4-2)12-9(13)6-5-7-16(11)12/h5-7,14H,3-4,8H2,1-2H3. The predicted molar refractivity (Wildman–Crippen MR) is 61.9 cm³/mol. The molecule has 1 N–H and O–H groups in total. The molecule has 0 radical (unpaired) electrons. The highest BCUT2D eigenvalue weighted by atomic mass is 19.1. The van der Waals surface area contributed by atoms with Gasteiger partial charge in [0.25, 0.3) is 0 Å². The summed E-state index contributed by atoms with van der Waals surface area (Å²) in [4.78, 5) is 4.47. The Bertz CT molecular complexity index is 490. The maximum atomic E-state index is 13.7. The first-order valence-corrected chi connectivity index (χ1v) is 5.63. The lowest BCUT2D eigenvalue weighted by Gasteiger charge is -2.00. The van der Waals surface area contributed by atoms with Gasteiger partial charge in [-0.15, -0.1) is 0 Å². The molecule has 0 aliphatic rings. The first-order chi connectivity index (χ1) is 7.77. The fraction of sp³-hybridized carbons (Fsp3) is 0.417. The first kappa shape index (κ1) is 11.1. The van der Waals surface area contributed by atoms with E-state index in [0.717, 1.165) is 24.5 Å². The molecule has 0 aliphatic heterocycles. The van der Waals surface area contributed by atoms with E-state index in [-0.39, 0.29) is 5.82 Å². The summed E-state index contributed by atoms with van der Waals surface area (Å²) in [5.74, 6) is 0.699. The molecular formula is C12H16FN3. The highest BCUT2D eigenvalue weighted by Crippen LogP contribution is 2.17. The second kappa shape index (κ2) is 4.61. The number of imidazole rings is 1. The first-order valence-electron chi connectivity index (χ1n) is 5.63. The predicted octanol–water partition coefficient (Wildman–Crippen LogP) is 2.15. The number of hydrogen-bond acceptors (Lipinski definition) is 2. The maximum absolute atomic E-state index is 13.7. The van der Waals surface area contributed by atoms with Crippen LogP contribution in [0.5, 0.6) is 0 Å². The quantitative estimate of drug-likeness (QED) is 0.857. The van der Waals surface area contributed by atoms with Crippen molar-refractivity contribution >= 4 is 5.52 Å². The van der Waals surface area contributed by atoms with Gasteiger partial charge in [-0.25, -0.2) is 9.37 Å². The summed E-state index contributed by atoms with van der Waals surface area (Å²) in [6.07, 6.45) is 2.66. The summed E-state index contributed by atoms with van der Waals surface area (Å²) in [5.41, 5.74) is 1.39. The Morgan fingerprint density at radius 3 is 2.94 bits per heavy atom. The van der Waals surface area contributed by atoms with Gasteiger partial charge in [-0.1, -0.05) is 13.8 Å². The summed E-state index contributed by atoms with van der Waals surface area (Å²) >= 11 is 0. The van der Waals surface area contributed by atoms with E-state index in [4.69, 9.17) is 0 Å². The van der Waals surface area contributed by atoms with Crippen LogP contribution in [-0.2, 0) is 13.0 Å². The van der Waals surface area contributed by atoms with Gasteiger partial charge in [0.2, 0.25) is 0 Å². The van der Waals surface area contributed by atoms with Crippen LogP contribution in [-0.4, -0.2) is 15.9 Å². The summed E-state index contributed by atoms with van der Waals surface area (Å²) in [5, 5.41) is 3.18. The molecule has 0 bridgehead atoms. The Balaban J connectivity index is 2.55. The Morgan fingerprint density at radius 2 is 2.25 bits per heavy atom. The highest BCUT2D eigenvalue weighted by molar-refractivity contribution is 5.54. The van der Waals surface area contributed by atoms with Crippen LogP contribution in [0, 0.1) is 5.82 Å². The molecule has 0 saturated heterocycles. The van der Waals surface area contributed by atoms with Crippen molar-refractivity contribution in [2.75, 3.05) is 6.54 Å². The molecule has 0 spiro atoms. The number of aryl methyl sites for hydroxylation is 1. The van der Waals surface area contributed by atoms with Gasteiger partial charge in [0.1, 0.15) is 17.2 Å². The molecule has 0 atom stereocenters. The van der Waals surface area contributed by atoms with E-state index in [2.05, 4.69) is 10.3 Å². The molecule has 0 aromatic carbocycles. The minimum Gasteiger partial charge on any atom is -0.311 e. The Labute approximate surface area is 94.3 Å². The molecule has 0 saturated carbocycles. The number of fused-ring (bicyclic) bond motifs is 1. The lowest BCUT2D eigenvalue weighted by atomic mass is 10.3. The van der Waals surface area contributed by atoms with E-state index >= 15 is 0 Å². The molecule has 16 heavy (non-hydrogen) atoms. The third kappa shape index (κ3) is 1.80. The van der Waals surface area contributed by atoms with Crippen molar-refractivity contribution in [2.45, 2.75) is 26.8 Å². The number of nitrogens with one attached hydrogen (secondary N) is 1. The van der Waals surface area contributed by atoms with Crippen molar-refractivity contribution in [3.63, 3.8) is 0 Å². The topological polar surface area (TPSA) is 29.3 Å². The van der Waals surface area contributed by atoms with Crippen LogP contribution in [0.4, 0.5) is 4.39 Å². The van der Waals surface area contributed by atoms with Crippen molar-refractivity contribution in [1.29, 1.82) is 0 Å². The minimum absolute atomic E-state index is 0.206. The number of hydrogen-bond donors (Lipinski definition) is 1. The molecule has 2 rings (SSSR count). The van der Waals surface area contributed by atoms with Gasteiger partial charge in [0, 0.05) is 19.2 Å². The van der Waals surface area contributed by atoms with Crippen LogP contribution in [0.1, 0.15) is 25.4 Å². The van der Waals surface area contributed by atoms with Crippen molar-refractivity contribution in [3.05, 3.63) is 35.7 Å². The monoisotopic (exact) mass is 221 g/mol. The number of halogens is 1. The van der Waals surface area contributed by atoms with Crippen LogP contribution in [0.25, 0.3) is 5.52 Å². The molecule has 2 aromatic heterocycles. The molecule has 2 aromatic rings. The number of rotatable bonds is 4. The number of nitrogens with zero attached hydrogens (tertiary/aromatic N) is 2. The fourth-order valence-electron chi connectivity index (χ4n) is 1.85. The van der Waals surface area contributed by atoms with E-state index in [9.17, 15) is 4.39 Å². The van der Waals surface area contributed by atoms with Gasteiger partial charge in [0.05, 0.1) is 5.69 Å². The van der Waals surface area contributed by atoms with E-state index in [1.807, 2.05) is 24.4 Å². The number of aromatic nitrogens is 2. The van der Waals surface area contributed by atoms with Crippen molar-refractivity contribution in [2.24, 2.45) is 0 Å². The van der Waals surface area contributed by atoms with Crippen molar-refractivity contribution in [1.82, 2.24) is 14.7 Å². The van der Waals surface area contributed by atoms with Crippen LogP contribution >= 0.6 is 0 Å².